The number of pyridine rings is 1. The fraction of sp³-hybridized carbons (Fsp3) is 0.357. The highest BCUT2D eigenvalue weighted by atomic mass is 16.5. The van der Waals surface area contributed by atoms with Crippen LogP contribution in [0.3, 0.4) is 0 Å². The molecule has 4 heteroatoms. The Bertz CT molecular complexity index is 506. The Morgan fingerprint density at radius 2 is 2.22 bits per heavy atom. The summed E-state index contributed by atoms with van der Waals surface area (Å²) in [7, 11) is 1.65. The molecule has 18 heavy (non-hydrogen) atoms. The summed E-state index contributed by atoms with van der Waals surface area (Å²) >= 11 is 0. The van der Waals surface area contributed by atoms with Crippen LogP contribution in [0.1, 0.15) is 19.6 Å². The minimum atomic E-state index is 0.411. The number of rotatable bonds is 5. The van der Waals surface area contributed by atoms with Gasteiger partial charge in [0.05, 0.1) is 19.9 Å². The van der Waals surface area contributed by atoms with Crippen molar-refractivity contribution in [3.05, 3.63) is 36.4 Å². The lowest BCUT2D eigenvalue weighted by atomic mass is 10.1. The van der Waals surface area contributed by atoms with E-state index in [2.05, 4.69) is 24.1 Å². The molecule has 0 radical (unpaired) electrons. The Morgan fingerprint density at radius 1 is 1.39 bits per heavy atom. The molecule has 0 aliphatic heterocycles. The van der Waals surface area contributed by atoms with Gasteiger partial charge in [0.2, 0.25) is 0 Å². The van der Waals surface area contributed by atoms with Gasteiger partial charge in [0.15, 0.2) is 0 Å². The molecule has 2 aromatic rings. The molecule has 2 rings (SSSR count). The maximum absolute atomic E-state index is 5.51. The topological polar surface area (TPSA) is 47.3 Å². The molecule has 0 aliphatic rings. The Hall–Kier alpha value is -1.81. The number of ether oxygens (including phenoxy) is 1. The molecule has 0 spiro atoms. The Labute approximate surface area is 107 Å². The van der Waals surface area contributed by atoms with Crippen molar-refractivity contribution in [2.24, 2.45) is 0 Å². The van der Waals surface area contributed by atoms with Gasteiger partial charge in [-0.2, -0.15) is 0 Å². The van der Waals surface area contributed by atoms with Crippen LogP contribution in [0.5, 0.6) is 5.75 Å². The zero-order valence-corrected chi connectivity index (χ0v) is 10.9. The van der Waals surface area contributed by atoms with E-state index in [0.29, 0.717) is 12.6 Å². The van der Waals surface area contributed by atoms with Gasteiger partial charge in [0.1, 0.15) is 17.2 Å². The molecule has 0 unspecified atom stereocenters. The second kappa shape index (κ2) is 5.69. The van der Waals surface area contributed by atoms with Crippen molar-refractivity contribution in [3.63, 3.8) is 0 Å². The summed E-state index contributed by atoms with van der Waals surface area (Å²) in [5, 5.41) is 3.33. The van der Waals surface area contributed by atoms with E-state index in [-0.39, 0.29) is 0 Å². The standard InChI is InChI=1S/C14H18N2O2/c1-10(2)16-9-13-11(6-8-18-13)14-12(17-3)5-4-7-15-14/h4-8,10,16H,9H2,1-3H3. The van der Waals surface area contributed by atoms with Crippen LogP contribution < -0.4 is 10.1 Å². The Balaban J connectivity index is 2.30. The maximum atomic E-state index is 5.51. The van der Waals surface area contributed by atoms with Crippen LogP contribution in [-0.4, -0.2) is 18.1 Å². The molecule has 4 nitrogen and oxygen atoms in total. The highest BCUT2D eigenvalue weighted by Gasteiger charge is 2.14. The van der Waals surface area contributed by atoms with Gasteiger partial charge in [0, 0.05) is 17.8 Å². The van der Waals surface area contributed by atoms with E-state index in [0.717, 1.165) is 22.8 Å². The van der Waals surface area contributed by atoms with Gasteiger partial charge in [-0.15, -0.1) is 0 Å². The fourth-order valence-corrected chi connectivity index (χ4v) is 1.74. The van der Waals surface area contributed by atoms with E-state index in [1.165, 1.54) is 0 Å². The van der Waals surface area contributed by atoms with Crippen LogP contribution in [0, 0.1) is 0 Å². The lowest BCUT2D eigenvalue weighted by molar-refractivity contribution is 0.414. The Kier molecular flexibility index (Phi) is 3.99. The summed E-state index contributed by atoms with van der Waals surface area (Å²) in [5.74, 6) is 1.63. The normalized spacial score (nSPS) is 10.9. The number of methoxy groups -OCH3 is 1. The zero-order chi connectivity index (χ0) is 13.0. The third kappa shape index (κ3) is 2.71. The van der Waals surface area contributed by atoms with Crippen molar-refractivity contribution in [3.8, 4) is 17.0 Å². The third-order valence-electron chi connectivity index (χ3n) is 2.66. The molecule has 2 heterocycles. The highest BCUT2D eigenvalue weighted by molar-refractivity contribution is 5.67. The van der Waals surface area contributed by atoms with Crippen LogP contribution >= 0.6 is 0 Å². The predicted molar refractivity (Wildman–Crippen MR) is 70.5 cm³/mol. The van der Waals surface area contributed by atoms with Crippen molar-refractivity contribution in [1.82, 2.24) is 10.3 Å². The molecule has 0 atom stereocenters. The third-order valence-corrected chi connectivity index (χ3v) is 2.66. The van der Waals surface area contributed by atoms with Crippen LogP contribution in [0.15, 0.2) is 35.1 Å². The van der Waals surface area contributed by atoms with E-state index in [1.54, 1.807) is 19.6 Å². The van der Waals surface area contributed by atoms with Crippen LogP contribution in [-0.2, 0) is 6.54 Å². The van der Waals surface area contributed by atoms with E-state index < -0.39 is 0 Å². The van der Waals surface area contributed by atoms with Gasteiger partial charge in [-0.25, -0.2) is 0 Å². The summed E-state index contributed by atoms with van der Waals surface area (Å²) in [4.78, 5) is 4.37. The molecule has 0 fully saturated rings. The maximum Gasteiger partial charge on any atom is 0.145 e. The number of nitrogens with zero attached hydrogens (tertiary/aromatic N) is 1. The van der Waals surface area contributed by atoms with Gasteiger partial charge in [0.25, 0.3) is 0 Å². The molecule has 96 valence electrons. The zero-order valence-electron chi connectivity index (χ0n) is 10.9. The number of aromatic nitrogens is 1. The van der Waals surface area contributed by atoms with Gasteiger partial charge in [-0.1, -0.05) is 13.8 Å². The molecule has 0 bridgehead atoms. The van der Waals surface area contributed by atoms with Crippen LogP contribution in [0.4, 0.5) is 0 Å². The van der Waals surface area contributed by atoms with E-state index >= 15 is 0 Å². The molecule has 0 saturated heterocycles. The fourth-order valence-electron chi connectivity index (χ4n) is 1.74. The first-order chi connectivity index (χ1) is 8.72. The van der Waals surface area contributed by atoms with Gasteiger partial charge >= 0.3 is 0 Å². The van der Waals surface area contributed by atoms with Gasteiger partial charge in [-0.05, 0) is 18.2 Å². The second-order valence-electron chi connectivity index (χ2n) is 4.35. The predicted octanol–water partition coefficient (Wildman–Crippen LogP) is 2.85. The molecule has 0 saturated carbocycles. The largest absolute Gasteiger partial charge is 0.494 e. The second-order valence-corrected chi connectivity index (χ2v) is 4.35. The van der Waals surface area contributed by atoms with Crippen LogP contribution in [0.2, 0.25) is 0 Å². The molecular formula is C14H18N2O2. The van der Waals surface area contributed by atoms with E-state index in [1.807, 2.05) is 18.2 Å². The smallest absolute Gasteiger partial charge is 0.145 e. The summed E-state index contributed by atoms with van der Waals surface area (Å²) in [5.41, 5.74) is 1.79. The summed E-state index contributed by atoms with van der Waals surface area (Å²) < 4.78 is 10.8. The highest BCUT2D eigenvalue weighted by Crippen LogP contribution is 2.30. The quantitative estimate of drug-likeness (QED) is 0.881. The average Bonchev–Trinajstić information content (AvgIpc) is 2.84. The monoisotopic (exact) mass is 246 g/mol. The minimum Gasteiger partial charge on any atom is -0.494 e. The molecule has 0 aromatic carbocycles. The number of hydrogen-bond acceptors (Lipinski definition) is 4. The van der Waals surface area contributed by atoms with Crippen molar-refractivity contribution in [2.75, 3.05) is 7.11 Å². The van der Waals surface area contributed by atoms with E-state index in [4.69, 9.17) is 9.15 Å². The van der Waals surface area contributed by atoms with Gasteiger partial charge in [-0.3, -0.25) is 4.98 Å². The van der Waals surface area contributed by atoms with Crippen molar-refractivity contribution in [1.29, 1.82) is 0 Å². The number of furan rings is 1. The Morgan fingerprint density at radius 3 is 2.94 bits per heavy atom. The summed E-state index contributed by atoms with van der Waals surface area (Å²) in [6, 6.07) is 6.08. The molecule has 0 aliphatic carbocycles. The summed E-state index contributed by atoms with van der Waals surface area (Å²) in [6.07, 6.45) is 3.44. The lowest BCUT2D eigenvalue weighted by Crippen LogP contribution is -2.21. The van der Waals surface area contributed by atoms with Crippen molar-refractivity contribution < 1.29 is 9.15 Å². The molecule has 0 amide bonds. The molecule has 1 N–H and O–H groups in total. The number of hydrogen-bond donors (Lipinski definition) is 1. The first-order valence-electron chi connectivity index (χ1n) is 6.01. The van der Waals surface area contributed by atoms with E-state index in [9.17, 15) is 0 Å². The van der Waals surface area contributed by atoms with Crippen molar-refractivity contribution >= 4 is 0 Å². The molecule has 2 aromatic heterocycles. The first-order valence-corrected chi connectivity index (χ1v) is 6.01. The molecular weight excluding hydrogens is 228 g/mol. The van der Waals surface area contributed by atoms with Crippen LogP contribution in [0.25, 0.3) is 11.3 Å². The van der Waals surface area contributed by atoms with Crippen molar-refractivity contribution in [2.45, 2.75) is 26.4 Å². The first kappa shape index (κ1) is 12.6. The number of nitrogens with one attached hydrogen (secondary N) is 1. The summed E-state index contributed by atoms with van der Waals surface area (Å²) in [6.45, 7) is 4.88. The minimum absolute atomic E-state index is 0.411. The average molecular weight is 246 g/mol. The SMILES string of the molecule is COc1cccnc1-c1ccoc1CNC(C)C. The lowest BCUT2D eigenvalue weighted by Gasteiger charge is -2.09. The van der Waals surface area contributed by atoms with Gasteiger partial charge < -0.3 is 14.5 Å².